The first-order valence-electron chi connectivity index (χ1n) is 9.81. The lowest BCUT2D eigenvalue weighted by molar-refractivity contribution is 0.313. The highest BCUT2D eigenvalue weighted by Crippen LogP contribution is 2.08. The summed E-state index contributed by atoms with van der Waals surface area (Å²) in [7, 11) is 0. The maximum absolute atomic E-state index is 5.69. The molecule has 2 rings (SSSR count). The van der Waals surface area contributed by atoms with Crippen molar-refractivity contribution in [2.24, 2.45) is 4.99 Å². The summed E-state index contributed by atoms with van der Waals surface area (Å²) in [6.45, 7) is 9.28. The Kier molecular flexibility index (Phi) is 9.86. The summed E-state index contributed by atoms with van der Waals surface area (Å²) >= 11 is 0. The van der Waals surface area contributed by atoms with Crippen LogP contribution in [0.2, 0.25) is 0 Å². The van der Waals surface area contributed by atoms with Gasteiger partial charge in [-0.1, -0.05) is 18.2 Å². The van der Waals surface area contributed by atoms with Gasteiger partial charge in [-0.3, -0.25) is 4.99 Å². The van der Waals surface area contributed by atoms with E-state index in [-0.39, 0.29) is 0 Å². The van der Waals surface area contributed by atoms with Crippen molar-refractivity contribution in [1.82, 2.24) is 15.5 Å². The van der Waals surface area contributed by atoms with E-state index in [1.807, 2.05) is 30.3 Å². The molecule has 1 aromatic carbocycles. The largest absolute Gasteiger partial charge is 0.494 e. The molecule has 0 spiro atoms. The van der Waals surface area contributed by atoms with Gasteiger partial charge in [0, 0.05) is 26.1 Å². The van der Waals surface area contributed by atoms with Gasteiger partial charge in [0.2, 0.25) is 0 Å². The monoisotopic (exact) mass is 346 g/mol. The van der Waals surface area contributed by atoms with Gasteiger partial charge < -0.3 is 20.3 Å². The number of nitrogens with zero attached hydrogens (tertiary/aromatic N) is 2. The second kappa shape index (κ2) is 12.6. The molecule has 0 bridgehead atoms. The second-order valence-corrected chi connectivity index (χ2v) is 6.46. The van der Waals surface area contributed by atoms with Gasteiger partial charge in [0.25, 0.3) is 0 Å². The molecule has 25 heavy (non-hydrogen) atoms. The number of rotatable bonds is 11. The number of hydrogen-bond acceptors (Lipinski definition) is 3. The van der Waals surface area contributed by atoms with Crippen LogP contribution in [-0.4, -0.2) is 56.7 Å². The minimum Gasteiger partial charge on any atom is -0.494 e. The van der Waals surface area contributed by atoms with Crippen molar-refractivity contribution < 1.29 is 4.74 Å². The van der Waals surface area contributed by atoms with E-state index in [9.17, 15) is 0 Å². The van der Waals surface area contributed by atoms with E-state index >= 15 is 0 Å². The fraction of sp³-hybridized carbons (Fsp3) is 0.650. The Balaban J connectivity index is 1.54. The van der Waals surface area contributed by atoms with E-state index in [1.165, 1.54) is 45.3 Å². The van der Waals surface area contributed by atoms with E-state index in [2.05, 4.69) is 27.4 Å². The molecule has 1 aliphatic rings. The van der Waals surface area contributed by atoms with Gasteiger partial charge in [0.1, 0.15) is 5.75 Å². The number of unbranched alkanes of at least 4 members (excludes halogenated alkanes) is 1. The van der Waals surface area contributed by atoms with Crippen molar-refractivity contribution in [2.45, 2.75) is 39.0 Å². The molecular weight excluding hydrogens is 312 g/mol. The van der Waals surface area contributed by atoms with Crippen LogP contribution in [0.25, 0.3) is 0 Å². The van der Waals surface area contributed by atoms with Crippen molar-refractivity contribution in [2.75, 3.05) is 45.9 Å². The first kappa shape index (κ1) is 19.6. The summed E-state index contributed by atoms with van der Waals surface area (Å²) in [6.07, 6.45) is 6.13. The summed E-state index contributed by atoms with van der Waals surface area (Å²) in [6, 6.07) is 9.94. The number of nitrogens with one attached hydrogen (secondary N) is 2. The highest BCUT2D eigenvalue weighted by atomic mass is 16.5. The molecule has 5 nitrogen and oxygen atoms in total. The van der Waals surface area contributed by atoms with Gasteiger partial charge in [-0.05, 0) is 64.4 Å². The van der Waals surface area contributed by atoms with Crippen LogP contribution in [0.1, 0.15) is 39.0 Å². The zero-order valence-corrected chi connectivity index (χ0v) is 15.7. The van der Waals surface area contributed by atoms with Crippen LogP contribution in [0.5, 0.6) is 5.75 Å². The van der Waals surface area contributed by atoms with Crippen LogP contribution < -0.4 is 15.4 Å². The predicted octanol–water partition coefficient (Wildman–Crippen LogP) is 2.89. The van der Waals surface area contributed by atoms with Gasteiger partial charge in [-0.2, -0.15) is 0 Å². The maximum Gasteiger partial charge on any atom is 0.191 e. The Hall–Kier alpha value is -1.75. The second-order valence-electron chi connectivity index (χ2n) is 6.46. The van der Waals surface area contributed by atoms with E-state index in [1.54, 1.807) is 0 Å². The number of para-hydroxylation sites is 1. The fourth-order valence-electron chi connectivity index (χ4n) is 2.98. The molecular formula is C20H34N4O. The summed E-state index contributed by atoms with van der Waals surface area (Å²) in [5.74, 6) is 1.85. The van der Waals surface area contributed by atoms with Crippen molar-refractivity contribution >= 4 is 5.96 Å². The van der Waals surface area contributed by atoms with Crippen molar-refractivity contribution in [3.8, 4) is 5.75 Å². The molecule has 1 saturated heterocycles. The number of aliphatic imine (C=N–C) groups is 1. The molecule has 1 fully saturated rings. The zero-order chi connectivity index (χ0) is 17.6. The number of ether oxygens (including phenoxy) is 1. The van der Waals surface area contributed by atoms with Gasteiger partial charge >= 0.3 is 0 Å². The zero-order valence-electron chi connectivity index (χ0n) is 15.7. The van der Waals surface area contributed by atoms with Crippen molar-refractivity contribution in [3.05, 3.63) is 30.3 Å². The third-order valence-corrected chi connectivity index (χ3v) is 4.32. The number of benzene rings is 1. The normalized spacial score (nSPS) is 15.3. The Morgan fingerprint density at radius 1 is 1.08 bits per heavy atom. The lowest BCUT2D eigenvalue weighted by Gasteiger charge is -2.15. The minimum atomic E-state index is 0.697. The topological polar surface area (TPSA) is 48.9 Å². The third-order valence-electron chi connectivity index (χ3n) is 4.32. The third kappa shape index (κ3) is 8.77. The van der Waals surface area contributed by atoms with Gasteiger partial charge in [0.15, 0.2) is 5.96 Å². The summed E-state index contributed by atoms with van der Waals surface area (Å²) in [5.41, 5.74) is 0. The smallest absolute Gasteiger partial charge is 0.191 e. The lowest BCUT2D eigenvalue weighted by Crippen LogP contribution is -2.38. The van der Waals surface area contributed by atoms with Crippen molar-refractivity contribution in [3.63, 3.8) is 0 Å². The van der Waals surface area contributed by atoms with E-state index in [0.717, 1.165) is 37.8 Å². The predicted molar refractivity (Wildman–Crippen MR) is 105 cm³/mol. The molecule has 2 N–H and O–H groups in total. The quantitative estimate of drug-likeness (QED) is 0.367. The molecule has 0 aromatic heterocycles. The average molecular weight is 347 g/mol. The number of likely N-dealkylation sites (tertiary alicyclic amines) is 1. The average Bonchev–Trinajstić information content (AvgIpc) is 3.15. The Bertz CT molecular complexity index is 472. The van der Waals surface area contributed by atoms with Crippen LogP contribution >= 0.6 is 0 Å². The Morgan fingerprint density at radius 2 is 1.88 bits per heavy atom. The van der Waals surface area contributed by atoms with E-state index in [0.29, 0.717) is 6.61 Å². The van der Waals surface area contributed by atoms with Crippen LogP contribution in [0.4, 0.5) is 0 Å². The molecule has 0 aliphatic carbocycles. The molecule has 0 amide bonds. The lowest BCUT2D eigenvalue weighted by atomic mass is 10.3. The first-order chi connectivity index (χ1) is 12.4. The van der Waals surface area contributed by atoms with Gasteiger partial charge in [-0.25, -0.2) is 0 Å². The molecule has 1 aliphatic heterocycles. The van der Waals surface area contributed by atoms with Crippen LogP contribution in [0.3, 0.4) is 0 Å². The molecule has 0 atom stereocenters. The van der Waals surface area contributed by atoms with Crippen LogP contribution in [-0.2, 0) is 0 Å². The summed E-state index contributed by atoms with van der Waals surface area (Å²) < 4.78 is 5.69. The molecule has 1 aromatic rings. The number of guanidine groups is 1. The molecule has 1 heterocycles. The maximum atomic E-state index is 5.69. The molecule has 140 valence electrons. The highest BCUT2D eigenvalue weighted by molar-refractivity contribution is 5.79. The molecule has 0 saturated carbocycles. The van der Waals surface area contributed by atoms with Crippen LogP contribution in [0.15, 0.2) is 35.3 Å². The Morgan fingerprint density at radius 3 is 2.64 bits per heavy atom. The van der Waals surface area contributed by atoms with Crippen LogP contribution in [0, 0.1) is 0 Å². The van der Waals surface area contributed by atoms with Gasteiger partial charge in [-0.15, -0.1) is 0 Å². The van der Waals surface area contributed by atoms with E-state index < -0.39 is 0 Å². The summed E-state index contributed by atoms with van der Waals surface area (Å²) in [4.78, 5) is 7.20. The highest BCUT2D eigenvalue weighted by Gasteiger charge is 2.09. The fourth-order valence-corrected chi connectivity index (χ4v) is 2.98. The van der Waals surface area contributed by atoms with E-state index in [4.69, 9.17) is 4.74 Å². The SMILES string of the molecule is CCNC(=NCCCOc1ccccc1)NCCCCN1CCCC1. The molecule has 0 radical (unpaired) electrons. The number of hydrogen-bond donors (Lipinski definition) is 2. The molecule has 5 heteroatoms. The standard InChI is InChI=1S/C20H34N4O/c1-2-21-20(22-13-6-7-15-24-16-8-9-17-24)23-14-10-18-25-19-11-4-3-5-12-19/h3-5,11-12H,2,6-10,13-18H2,1H3,(H2,21,22,23). The minimum absolute atomic E-state index is 0.697. The summed E-state index contributed by atoms with van der Waals surface area (Å²) in [5, 5.41) is 6.75. The van der Waals surface area contributed by atoms with Gasteiger partial charge in [0.05, 0.1) is 6.61 Å². The van der Waals surface area contributed by atoms with Crippen molar-refractivity contribution in [1.29, 1.82) is 0 Å². The molecule has 0 unspecified atom stereocenters. The first-order valence-corrected chi connectivity index (χ1v) is 9.81. The Labute approximate surface area is 152 Å².